The maximum absolute atomic E-state index is 3.90. The second-order valence-corrected chi connectivity index (χ2v) is 7.78. The molecule has 136 valence electrons. The molecule has 0 aliphatic carbocycles. The number of nitrogens with one attached hydrogen (secondary N) is 1. The van der Waals surface area contributed by atoms with Gasteiger partial charge >= 0.3 is 0 Å². The van der Waals surface area contributed by atoms with Crippen molar-refractivity contribution in [1.82, 2.24) is 0 Å². The fraction of sp³-hybridized carbons (Fsp3) is 0.200. The van der Waals surface area contributed by atoms with Crippen molar-refractivity contribution in [2.75, 3.05) is 11.9 Å². The van der Waals surface area contributed by atoms with Crippen LogP contribution in [0.2, 0.25) is 0 Å². The standard InChI is InChI=1S/C25H24BrN/c26-25-23(16-5-2-10-18-27-19-11-3-1-4-12-19)21-14-7-6-13-20(21)22-15-8-9-17-24(22)25/h1,3-4,6-9,11-15,17,27H,2,5,10,16,18H2. The monoisotopic (exact) mass is 417 g/mol. The number of anilines is 1. The highest BCUT2D eigenvalue weighted by molar-refractivity contribution is 9.10. The molecule has 0 saturated carbocycles. The molecule has 0 aliphatic rings. The maximum atomic E-state index is 3.90. The van der Waals surface area contributed by atoms with Gasteiger partial charge in [-0.2, -0.15) is 0 Å². The normalized spacial score (nSPS) is 11.1. The Morgan fingerprint density at radius 3 is 1.93 bits per heavy atom. The van der Waals surface area contributed by atoms with E-state index in [1.807, 2.05) is 0 Å². The highest BCUT2D eigenvalue weighted by atomic mass is 79.9. The van der Waals surface area contributed by atoms with E-state index in [1.54, 1.807) is 0 Å². The lowest BCUT2D eigenvalue weighted by Crippen LogP contribution is -2.01. The molecule has 0 fully saturated rings. The van der Waals surface area contributed by atoms with Gasteiger partial charge in [-0.3, -0.25) is 0 Å². The third kappa shape index (κ3) is 4.01. The molecule has 0 aliphatic heterocycles. The van der Waals surface area contributed by atoms with Gasteiger partial charge in [-0.25, -0.2) is 0 Å². The van der Waals surface area contributed by atoms with E-state index in [9.17, 15) is 0 Å². The predicted molar refractivity (Wildman–Crippen MR) is 122 cm³/mol. The third-order valence-corrected chi connectivity index (χ3v) is 6.08. The van der Waals surface area contributed by atoms with Gasteiger partial charge in [0.25, 0.3) is 0 Å². The van der Waals surface area contributed by atoms with Crippen LogP contribution in [0.25, 0.3) is 21.5 Å². The molecule has 0 amide bonds. The fourth-order valence-corrected chi connectivity index (χ4v) is 4.57. The Balaban J connectivity index is 1.44. The molecular formula is C25H24BrN. The van der Waals surface area contributed by atoms with E-state index >= 15 is 0 Å². The van der Waals surface area contributed by atoms with Gasteiger partial charge in [-0.15, -0.1) is 0 Å². The SMILES string of the molecule is Brc1c(CCCCCNc2ccccc2)c2ccccc2c2ccccc12. The molecule has 0 atom stereocenters. The number of hydrogen-bond donors (Lipinski definition) is 1. The van der Waals surface area contributed by atoms with Crippen LogP contribution in [0.3, 0.4) is 0 Å². The lowest BCUT2D eigenvalue weighted by molar-refractivity contribution is 0.699. The van der Waals surface area contributed by atoms with Crippen molar-refractivity contribution in [1.29, 1.82) is 0 Å². The Hall–Kier alpha value is -2.32. The summed E-state index contributed by atoms with van der Waals surface area (Å²) in [4.78, 5) is 0. The van der Waals surface area contributed by atoms with Crippen molar-refractivity contribution in [3.8, 4) is 0 Å². The lowest BCUT2D eigenvalue weighted by Gasteiger charge is -2.14. The highest BCUT2D eigenvalue weighted by Crippen LogP contribution is 2.37. The van der Waals surface area contributed by atoms with E-state index in [2.05, 4.69) is 100 Å². The van der Waals surface area contributed by atoms with Crippen LogP contribution in [0.1, 0.15) is 24.8 Å². The van der Waals surface area contributed by atoms with E-state index in [1.165, 1.54) is 56.5 Å². The molecule has 0 unspecified atom stereocenters. The topological polar surface area (TPSA) is 12.0 Å². The van der Waals surface area contributed by atoms with Gasteiger partial charge < -0.3 is 5.32 Å². The van der Waals surface area contributed by atoms with Crippen molar-refractivity contribution >= 4 is 43.2 Å². The van der Waals surface area contributed by atoms with E-state index in [0.29, 0.717) is 0 Å². The molecule has 0 saturated heterocycles. The number of aryl methyl sites for hydroxylation is 1. The van der Waals surface area contributed by atoms with Crippen molar-refractivity contribution in [2.45, 2.75) is 25.7 Å². The van der Waals surface area contributed by atoms with Crippen LogP contribution in [0.15, 0.2) is 83.3 Å². The number of fused-ring (bicyclic) bond motifs is 3. The molecule has 0 aromatic heterocycles. The summed E-state index contributed by atoms with van der Waals surface area (Å²) in [6.45, 7) is 1.03. The van der Waals surface area contributed by atoms with Crippen molar-refractivity contribution < 1.29 is 0 Å². The van der Waals surface area contributed by atoms with Gasteiger partial charge in [0.15, 0.2) is 0 Å². The molecule has 0 radical (unpaired) electrons. The largest absolute Gasteiger partial charge is 0.385 e. The fourth-order valence-electron chi connectivity index (χ4n) is 3.81. The molecule has 0 spiro atoms. The minimum atomic E-state index is 1.03. The maximum Gasteiger partial charge on any atom is 0.0340 e. The van der Waals surface area contributed by atoms with Gasteiger partial charge in [0, 0.05) is 16.7 Å². The predicted octanol–water partition coefficient (Wildman–Crippen LogP) is 7.58. The highest BCUT2D eigenvalue weighted by Gasteiger charge is 2.11. The first-order valence-corrected chi connectivity index (χ1v) is 10.5. The van der Waals surface area contributed by atoms with Gasteiger partial charge in [0.2, 0.25) is 0 Å². The summed E-state index contributed by atoms with van der Waals surface area (Å²) < 4.78 is 1.26. The zero-order valence-electron chi connectivity index (χ0n) is 15.4. The minimum absolute atomic E-state index is 1.03. The Labute approximate surface area is 169 Å². The van der Waals surface area contributed by atoms with Crippen LogP contribution in [-0.4, -0.2) is 6.54 Å². The summed E-state index contributed by atoms with van der Waals surface area (Å²) in [6.07, 6.45) is 4.74. The average Bonchev–Trinajstić information content (AvgIpc) is 2.73. The number of hydrogen-bond acceptors (Lipinski definition) is 1. The van der Waals surface area contributed by atoms with Crippen LogP contribution >= 0.6 is 15.9 Å². The summed E-state index contributed by atoms with van der Waals surface area (Å²) in [6, 6.07) is 27.9. The first-order chi connectivity index (χ1) is 13.3. The van der Waals surface area contributed by atoms with Gasteiger partial charge in [0.1, 0.15) is 0 Å². The number of halogens is 1. The molecule has 2 heteroatoms. The Morgan fingerprint density at radius 1 is 0.593 bits per heavy atom. The van der Waals surface area contributed by atoms with Crippen LogP contribution in [-0.2, 0) is 6.42 Å². The van der Waals surface area contributed by atoms with Crippen molar-refractivity contribution in [3.63, 3.8) is 0 Å². The molecule has 0 bridgehead atoms. The number of benzene rings is 4. The first-order valence-electron chi connectivity index (χ1n) is 9.71. The average molecular weight is 418 g/mol. The van der Waals surface area contributed by atoms with Crippen molar-refractivity contribution in [3.05, 3.63) is 88.9 Å². The Morgan fingerprint density at radius 2 is 1.19 bits per heavy atom. The summed E-state index contributed by atoms with van der Waals surface area (Å²) in [5, 5.41) is 8.88. The van der Waals surface area contributed by atoms with E-state index in [4.69, 9.17) is 0 Å². The molecular weight excluding hydrogens is 394 g/mol. The summed E-state index contributed by atoms with van der Waals surface area (Å²) in [5.74, 6) is 0. The quantitative estimate of drug-likeness (QED) is 0.241. The number of unbranched alkanes of at least 4 members (excludes halogenated alkanes) is 2. The van der Waals surface area contributed by atoms with Crippen LogP contribution < -0.4 is 5.32 Å². The van der Waals surface area contributed by atoms with Crippen LogP contribution in [0.5, 0.6) is 0 Å². The van der Waals surface area contributed by atoms with E-state index in [-0.39, 0.29) is 0 Å². The smallest absolute Gasteiger partial charge is 0.0340 e. The molecule has 27 heavy (non-hydrogen) atoms. The second-order valence-electron chi connectivity index (χ2n) is 6.99. The Bertz CT molecular complexity index is 1040. The minimum Gasteiger partial charge on any atom is -0.385 e. The van der Waals surface area contributed by atoms with Gasteiger partial charge in [-0.05, 0) is 74.4 Å². The Kier molecular flexibility index (Phi) is 5.74. The first kappa shape index (κ1) is 18.1. The second kappa shape index (κ2) is 8.58. The molecule has 0 heterocycles. The molecule has 1 nitrogen and oxygen atoms in total. The molecule has 4 aromatic rings. The summed E-state index contributed by atoms with van der Waals surface area (Å²) in [7, 11) is 0. The van der Waals surface area contributed by atoms with Crippen molar-refractivity contribution in [2.24, 2.45) is 0 Å². The number of para-hydroxylation sites is 1. The van der Waals surface area contributed by atoms with Gasteiger partial charge in [-0.1, -0.05) is 73.2 Å². The van der Waals surface area contributed by atoms with E-state index < -0.39 is 0 Å². The van der Waals surface area contributed by atoms with E-state index in [0.717, 1.165) is 13.0 Å². The lowest BCUT2D eigenvalue weighted by atomic mass is 9.94. The molecule has 4 aromatic carbocycles. The molecule has 4 rings (SSSR count). The summed E-state index contributed by atoms with van der Waals surface area (Å²) >= 11 is 3.90. The summed E-state index contributed by atoms with van der Waals surface area (Å²) in [5.41, 5.74) is 2.65. The zero-order valence-corrected chi connectivity index (χ0v) is 17.0. The third-order valence-electron chi connectivity index (χ3n) is 5.18. The van der Waals surface area contributed by atoms with Gasteiger partial charge in [0.05, 0.1) is 0 Å². The number of rotatable bonds is 7. The van der Waals surface area contributed by atoms with Crippen LogP contribution in [0, 0.1) is 0 Å². The zero-order chi connectivity index (χ0) is 18.5. The molecule has 1 N–H and O–H groups in total. The van der Waals surface area contributed by atoms with Crippen LogP contribution in [0.4, 0.5) is 5.69 Å².